The van der Waals surface area contributed by atoms with Crippen molar-refractivity contribution in [2.75, 3.05) is 11.9 Å². The van der Waals surface area contributed by atoms with Gasteiger partial charge in [0.25, 0.3) is 0 Å². The topological polar surface area (TPSA) is 57.9 Å². The van der Waals surface area contributed by atoms with Gasteiger partial charge in [0, 0.05) is 18.0 Å². The summed E-state index contributed by atoms with van der Waals surface area (Å²) in [6.45, 7) is 2.22. The Bertz CT molecular complexity index is 605. The van der Waals surface area contributed by atoms with Crippen LogP contribution in [0.15, 0.2) is 36.5 Å². The van der Waals surface area contributed by atoms with Gasteiger partial charge in [-0.3, -0.25) is 0 Å². The van der Waals surface area contributed by atoms with Crippen molar-refractivity contribution in [2.24, 2.45) is 0 Å². The zero-order chi connectivity index (χ0) is 13.7. The highest BCUT2D eigenvalue weighted by Gasteiger charge is 2.04. The zero-order valence-corrected chi connectivity index (χ0v) is 10.4. The number of halogens is 1. The molecule has 1 aromatic carbocycles. The van der Waals surface area contributed by atoms with Crippen LogP contribution in [-0.4, -0.2) is 11.6 Å². The van der Waals surface area contributed by atoms with Crippen LogP contribution in [0.25, 0.3) is 0 Å². The Hall–Kier alpha value is -2.61. The van der Waals surface area contributed by atoms with E-state index >= 15 is 0 Å². The van der Waals surface area contributed by atoms with Crippen LogP contribution in [0.4, 0.5) is 15.9 Å². The Morgan fingerprint density at radius 2 is 2.21 bits per heavy atom. The highest BCUT2D eigenvalue weighted by atomic mass is 19.1. The highest BCUT2D eigenvalue weighted by molar-refractivity contribution is 5.57. The summed E-state index contributed by atoms with van der Waals surface area (Å²) in [5.41, 5.74) is 1.04. The number of nitriles is 1. The SMILES string of the molecule is CCOc1ccc(Nc2ccc(C#N)cn2)cc1F. The van der Waals surface area contributed by atoms with E-state index < -0.39 is 5.82 Å². The van der Waals surface area contributed by atoms with Gasteiger partial charge in [0.15, 0.2) is 11.6 Å². The average Bonchev–Trinajstić information content (AvgIpc) is 2.43. The lowest BCUT2D eigenvalue weighted by Gasteiger charge is -2.08. The zero-order valence-electron chi connectivity index (χ0n) is 10.4. The van der Waals surface area contributed by atoms with Crippen LogP contribution in [0.5, 0.6) is 5.75 Å². The molecule has 0 aliphatic rings. The maximum Gasteiger partial charge on any atom is 0.167 e. The summed E-state index contributed by atoms with van der Waals surface area (Å²) < 4.78 is 18.7. The summed E-state index contributed by atoms with van der Waals surface area (Å²) in [7, 11) is 0. The molecule has 4 nitrogen and oxygen atoms in total. The van der Waals surface area contributed by atoms with Gasteiger partial charge in [-0.1, -0.05) is 0 Å². The Balaban J connectivity index is 2.14. The van der Waals surface area contributed by atoms with E-state index in [0.717, 1.165) is 0 Å². The molecule has 0 radical (unpaired) electrons. The lowest BCUT2D eigenvalue weighted by atomic mass is 10.2. The van der Waals surface area contributed by atoms with E-state index in [-0.39, 0.29) is 5.75 Å². The Morgan fingerprint density at radius 1 is 1.37 bits per heavy atom. The number of ether oxygens (including phenoxy) is 1. The van der Waals surface area contributed by atoms with Crippen molar-refractivity contribution in [1.82, 2.24) is 4.98 Å². The number of nitrogens with one attached hydrogen (secondary N) is 1. The minimum atomic E-state index is -0.430. The molecule has 0 unspecified atom stereocenters. The third-order valence-corrected chi connectivity index (χ3v) is 2.40. The number of benzene rings is 1. The van der Waals surface area contributed by atoms with E-state index in [1.807, 2.05) is 6.07 Å². The third-order valence-electron chi connectivity index (χ3n) is 2.40. The Labute approximate surface area is 110 Å². The van der Waals surface area contributed by atoms with Crippen LogP contribution in [-0.2, 0) is 0 Å². The van der Waals surface area contributed by atoms with Crippen molar-refractivity contribution in [3.05, 3.63) is 47.9 Å². The van der Waals surface area contributed by atoms with Gasteiger partial charge in [0.05, 0.1) is 12.2 Å². The van der Waals surface area contributed by atoms with Crippen molar-refractivity contribution >= 4 is 11.5 Å². The van der Waals surface area contributed by atoms with Gasteiger partial charge >= 0.3 is 0 Å². The maximum atomic E-state index is 13.6. The fourth-order valence-electron chi connectivity index (χ4n) is 1.53. The first-order valence-corrected chi connectivity index (χ1v) is 5.78. The second-order valence-corrected chi connectivity index (χ2v) is 3.75. The minimum Gasteiger partial charge on any atom is -0.491 e. The average molecular weight is 257 g/mol. The number of rotatable bonds is 4. The van der Waals surface area contributed by atoms with Gasteiger partial charge < -0.3 is 10.1 Å². The fraction of sp³-hybridized carbons (Fsp3) is 0.143. The highest BCUT2D eigenvalue weighted by Crippen LogP contribution is 2.23. The smallest absolute Gasteiger partial charge is 0.167 e. The molecule has 96 valence electrons. The molecule has 0 saturated carbocycles. The second-order valence-electron chi connectivity index (χ2n) is 3.75. The maximum absolute atomic E-state index is 13.6. The minimum absolute atomic E-state index is 0.223. The van der Waals surface area contributed by atoms with Gasteiger partial charge in [-0.25, -0.2) is 9.37 Å². The molecule has 0 atom stereocenters. The van der Waals surface area contributed by atoms with Crippen LogP contribution in [0.2, 0.25) is 0 Å². The first kappa shape index (κ1) is 12.8. The summed E-state index contributed by atoms with van der Waals surface area (Å²) in [6.07, 6.45) is 1.45. The molecule has 0 saturated heterocycles. The van der Waals surface area contributed by atoms with Gasteiger partial charge in [0.1, 0.15) is 11.9 Å². The third kappa shape index (κ3) is 3.19. The molecule has 1 N–H and O–H groups in total. The Morgan fingerprint density at radius 3 is 2.79 bits per heavy atom. The molecule has 5 heteroatoms. The predicted molar refractivity (Wildman–Crippen MR) is 69.8 cm³/mol. The van der Waals surface area contributed by atoms with Crippen molar-refractivity contribution < 1.29 is 9.13 Å². The summed E-state index contributed by atoms with van der Waals surface area (Å²) in [5.74, 6) is 0.337. The summed E-state index contributed by atoms with van der Waals surface area (Å²) in [4.78, 5) is 4.05. The van der Waals surface area contributed by atoms with Gasteiger partial charge in [-0.2, -0.15) is 5.26 Å². The molecule has 19 heavy (non-hydrogen) atoms. The first-order chi connectivity index (χ1) is 9.22. The number of hydrogen-bond donors (Lipinski definition) is 1. The van der Waals surface area contributed by atoms with Crippen LogP contribution >= 0.6 is 0 Å². The van der Waals surface area contributed by atoms with E-state index in [1.165, 1.54) is 12.3 Å². The van der Waals surface area contributed by atoms with Gasteiger partial charge in [-0.05, 0) is 31.2 Å². The lowest BCUT2D eigenvalue weighted by molar-refractivity contribution is 0.321. The molecular formula is C14H12FN3O. The fourth-order valence-corrected chi connectivity index (χ4v) is 1.53. The molecule has 2 rings (SSSR count). The van der Waals surface area contributed by atoms with Crippen molar-refractivity contribution in [2.45, 2.75) is 6.92 Å². The van der Waals surface area contributed by atoms with E-state index in [9.17, 15) is 4.39 Å². The largest absolute Gasteiger partial charge is 0.491 e. The van der Waals surface area contributed by atoms with Gasteiger partial charge in [0.2, 0.25) is 0 Å². The molecule has 0 fully saturated rings. The lowest BCUT2D eigenvalue weighted by Crippen LogP contribution is -1.97. The summed E-state index contributed by atoms with van der Waals surface area (Å²) in [5, 5.41) is 11.6. The molecule has 1 aromatic heterocycles. The number of pyridine rings is 1. The van der Waals surface area contributed by atoms with Crippen molar-refractivity contribution in [3.63, 3.8) is 0 Å². The normalized spacial score (nSPS) is 9.74. The first-order valence-electron chi connectivity index (χ1n) is 5.78. The molecule has 1 heterocycles. The van der Waals surface area contributed by atoms with Crippen molar-refractivity contribution in [3.8, 4) is 11.8 Å². The molecule has 2 aromatic rings. The van der Waals surface area contributed by atoms with E-state index in [2.05, 4.69) is 10.3 Å². The van der Waals surface area contributed by atoms with Gasteiger partial charge in [-0.15, -0.1) is 0 Å². The molecule has 0 bridgehead atoms. The van der Waals surface area contributed by atoms with Crippen molar-refractivity contribution in [1.29, 1.82) is 5.26 Å². The van der Waals surface area contributed by atoms with E-state index in [0.29, 0.717) is 23.7 Å². The summed E-state index contributed by atoms with van der Waals surface area (Å²) >= 11 is 0. The van der Waals surface area contributed by atoms with Crippen LogP contribution in [0, 0.1) is 17.1 Å². The van der Waals surface area contributed by atoms with E-state index in [4.69, 9.17) is 10.00 Å². The quantitative estimate of drug-likeness (QED) is 0.913. The second kappa shape index (κ2) is 5.83. The molecule has 0 aliphatic carbocycles. The van der Waals surface area contributed by atoms with E-state index in [1.54, 1.807) is 31.2 Å². The monoisotopic (exact) mass is 257 g/mol. The number of anilines is 2. The molecule has 0 spiro atoms. The number of aromatic nitrogens is 1. The number of hydrogen-bond acceptors (Lipinski definition) is 4. The molecule has 0 aliphatic heterocycles. The molecule has 0 amide bonds. The van der Waals surface area contributed by atoms with Crippen LogP contribution < -0.4 is 10.1 Å². The molecular weight excluding hydrogens is 245 g/mol. The number of nitrogens with zero attached hydrogens (tertiary/aromatic N) is 2. The predicted octanol–water partition coefficient (Wildman–Crippen LogP) is 3.23. The van der Waals surface area contributed by atoms with Crippen LogP contribution in [0.3, 0.4) is 0 Å². The van der Waals surface area contributed by atoms with Crippen LogP contribution in [0.1, 0.15) is 12.5 Å². The standard InChI is InChI=1S/C14H12FN3O/c1-2-19-13-5-4-11(7-12(13)15)18-14-6-3-10(8-16)9-17-14/h3-7,9H,2H2,1H3,(H,17,18). The summed E-state index contributed by atoms with van der Waals surface area (Å²) in [6, 6.07) is 9.88. The Kier molecular flexibility index (Phi) is 3.94.